The number of benzene rings is 2. The molecule has 4 aromatic rings. The first-order valence-corrected chi connectivity index (χ1v) is 11.2. The zero-order valence-corrected chi connectivity index (χ0v) is 19.0. The van der Waals surface area contributed by atoms with Crippen LogP contribution in [0, 0.1) is 0 Å². The summed E-state index contributed by atoms with van der Waals surface area (Å²) in [5, 5.41) is 13.4. The summed E-state index contributed by atoms with van der Waals surface area (Å²) >= 11 is 19.6. The Balaban J connectivity index is 1.55. The molecule has 0 aliphatic carbocycles. The number of rotatable bonds is 7. The van der Waals surface area contributed by atoms with Gasteiger partial charge in [-0.05, 0) is 42.5 Å². The molecule has 0 saturated heterocycles. The van der Waals surface area contributed by atoms with E-state index in [1.54, 1.807) is 30.5 Å². The lowest BCUT2D eigenvalue weighted by Gasteiger charge is -2.10. The largest absolute Gasteiger partial charge is 0.467 e. The third-order valence-electron chi connectivity index (χ3n) is 4.20. The third-order valence-corrected chi connectivity index (χ3v) is 5.94. The van der Waals surface area contributed by atoms with Gasteiger partial charge in [-0.2, -0.15) is 0 Å². The van der Waals surface area contributed by atoms with E-state index in [4.69, 9.17) is 39.2 Å². The van der Waals surface area contributed by atoms with E-state index in [0.717, 1.165) is 11.3 Å². The number of aromatic nitrogens is 3. The average molecular weight is 494 g/mol. The molecule has 31 heavy (non-hydrogen) atoms. The molecule has 0 aliphatic rings. The SMILES string of the molecule is O=C(CSc1nnc(-c2ccccc2Cl)n1Cc1ccco1)Nc1cc(Cl)cc(Cl)c1. The second-order valence-electron chi connectivity index (χ2n) is 6.45. The predicted octanol–water partition coefficient (Wildman–Crippen LogP) is 6.28. The molecule has 4 rings (SSSR count). The number of nitrogens with zero attached hydrogens (tertiary/aromatic N) is 3. The quantitative estimate of drug-likeness (QED) is 0.307. The number of thioether (sulfide) groups is 1. The summed E-state index contributed by atoms with van der Waals surface area (Å²) < 4.78 is 7.36. The zero-order chi connectivity index (χ0) is 21.8. The van der Waals surface area contributed by atoms with Crippen molar-refractivity contribution >= 4 is 58.2 Å². The first-order chi connectivity index (χ1) is 15.0. The number of amides is 1. The third kappa shape index (κ3) is 5.43. The number of halogens is 3. The monoisotopic (exact) mass is 492 g/mol. The van der Waals surface area contributed by atoms with Crippen molar-refractivity contribution < 1.29 is 9.21 Å². The lowest BCUT2D eigenvalue weighted by molar-refractivity contribution is -0.113. The van der Waals surface area contributed by atoms with Gasteiger partial charge in [-0.15, -0.1) is 10.2 Å². The Hall–Kier alpha value is -2.45. The Morgan fingerprint density at radius 2 is 1.81 bits per heavy atom. The van der Waals surface area contributed by atoms with Gasteiger partial charge >= 0.3 is 0 Å². The predicted molar refractivity (Wildman–Crippen MR) is 124 cm³/mol. The minimum atomic E-state index is -0.227. The Labute approximate surface area is 197 Å². The summed E-state index contributed by atoms with van der Waals surface area (Å²) in [5.74, 6) is 1.21. The van der Waals surface area contributed by atoms with Crippen LogP contribution in [0.4, 0.5) is 5.69 Å². The van der Waals surface area contributed by atoms with Crippen LogP contribution in [0.5, 0.6) is 0 Å². The molecule has 6 nitrogen and oxygen atoms in total. The van der Waals surface area contributed by atoms with Crippen LogP contribution in [-0.4, -0.2) is 26.4 Å². The molecule has 2 heterocycles. The standard InChI is InChI=1S/C21H15Cl3N4O2S/c22-13-8-14(23)10-15(9-13)25-19(29)12-31-21-27-26-20(17-5-1-2-6-18(17)24)28(21)11-16-4-3-7-30-16/h1-10H,11-12H2,(H,25,29). The molecule has 2 aromatic carbocycles. The van der Waals surface area contributed by atoms with Crippen LogP contribution < -0.4 is 5.32 Å². The van der Waals surface area contributed by atoms with Crippen molar-refractivity contribution in [2.75, 3.05) is 11.1 Å². The van der Waals surface area contributed by atoms with Crippen LogP contribution >= 0.6 is 46.6 Å². The second-order valence-corrected chi connectivity index (χ2v) is 8.67. The zero-order valence-electron chi connectivity index (χ0n) is 15.9. The Kier molecular flexibility index (Phi) is 6.87. The Morgan fingerprint density at radius 1 is 1.03 bits per heavy atom. The smallest absolute Gasteiger partial charge is 0.234 e. The highest BCUT2D eigenvalue weighted by Crippen LogP contribution is 2.30. The van der Waals surface area contributed by atoms with Gasteiger partial charge in [0.25, 0.3) is 0 Å². The molecule has 1 amide bonds. The van der Waals surface area contributed by atoms with Gasteiger partial charge in [-0.25, -0.2) is 0 Å². The van der Waals surface area contributed by atoms with E-state index in [0.29, 0.717) is 38.3 Å². The van der Waals surface area contributed by atoms with Crippen LogP contribution in [0.2, 0.25) is 15.1 Å². The van der Waals surface area contributed by atoms with Gasteiger partial charge in [-0.1, -0.05) is 58.7 Å². The van der Waals surface area contributed by atoms with E-state index in [1.807, 2.05) is 34.9 Å². The summed E-state index contributed by atoms with van der Waals surface area (Å²) in [5.41, 5.74) is 1.27. The van der Waals surface area contributed by atoms with Gasteiger partial charge in [-0.3, -0.25) is 9.36 Å². The summed E-state index contributed by atoms with van der Waals surface area (Å²) in [6.45, 7) is 0.397. The van der Waals surface area contributed by atoms with Crippen molar-refractivity contribution in [3.8, 4) is 11.4 Å². The summed E-state index contributed by atoms with van der Waals surface area (Å²) in [6.07, 6.45) is 1.60. The topological polar surface area (TPSA) is 73.0 Å². The van der Waals surface area contributed by atoms with E-state index in [-0.39, 0.29) is 11.7 Å². The number of furan rings is 1. The van der Waals surface area contributed by atoms with Gasteiger partial charge < -0.3 is 9.73 Å². The van der Waals surface area contributed by atoms with Crippen molar-refractivity contribution in [2.24, 2.45) is 0 Å². The average Bonchev–Trinajstić information content (AvgIpc) is 3.37. The van der Waals surface area contributed by atoms with E-state index >= 15 is 0 Å². The molecule has 0 saturated carbocycles. The summed E-state index contributed by atoms with van der Waals surface area (Å²) in [6, 6.07) is 15.9. The molecule has 158 valence electrons. The van der Waals surface area contributed by atoms with Crippen LogP contribution in [0.15, 0.2) is 70.4 Å². The molecule has 0 fully saturated rings. The van der Waals surface area contributed by atoms with Crippen molar-refractivity contribution in [2.45, 2.75) is 11.7 Å². The molecule has 0 radical (unpaired) electrons. The normalized spacial score (nSPS) is 10.9. The fourth-order valence-corrected chi connectivity index (χ4v) is 4.38. The van der Waals surface area contributed by atoms with E-state index < -0.39 is 0 Å². The Bertz CT molecular complexity index is 1190. The van der Waals surface area contributed by atoms with Crippen molar-refractivity contribution in [3.05, 3.63) is 81.7 Å². The molecular weight excluding hydrogens is 479 g/mol. The highest BCUT2D eigenvalue weighted by atomic mass is 35.5. The van der Waals surface area contributed by atoms with Crippen molar-refractivity contribution in [1.82, 2.24) is 14.8 Å². The van der Waals surface area contributed by atoms with Crippen molar-refractivity contribution in [1.29, 1.82) is 0 Å². The molecule has 0 spiro atoms. The maximum Gasteiger partial charge on any atom is 0.234 e. The number of carbonyl (C=O) groups is 1. The van der Waals surface area contributed by atoms with Crippen LogP contribution in [0.1, 0.15) is 5.76 Å². The number of hydrogen-bond donors (Lipinski definition) is 1. The first kappa shape index (κ1) is 21.8. The van der Waals surface area contributed by atoms with Gasteiger partial charge in [0.2, 0.25) is 5.91 Å². The second kappa shape index (κ2) is 9.78. The number of anilines is 1. The van der Waals surface area contributed by atoms with E-state index in [1.165, 1.54) is 11.8 Å². The minimum absolute atomic E-state index is 0.114. The molecule has 2 aromatic heterocycles. The highest BCUT2D eigenvalue weighted by molar-refractivity contribution is 7.99. The maximum absolute atomic E-state index is 12.5. The summed E-state index contributed by atoms with van der Waals surface area (Å²) in [4.78, 5) is 12.5. The van der Waals surface area contributed by atoms with Crippen LogP contribution in [0.25, 0.3) is 11.4 Å². The van der Waals surface area contributed by atoms with Gasteiger partial charge in [0.05, 0.1) is 23.6 Å². The summed E-state index contributed by atoms with van der Waals surface area (Å²) in [7, 11) is 0. The molecule has 1 N–H and O–H groups in total. The number of hydrogen-bond acceptors (Lipinski definition) is 5. The first-order valence-electron chi connectivity index (χ1n) is 9.09. The van der Waals surface area contributed by atoms with Gasteiger partial charge in [0.15, 0.2) is 11.0 Å². The fraction of sp³-hybridized carbons (Fsp3) is 0.0952. The van der Waals surface area contributed by atoms with Crippen LogP contribution in [-0.2, 0) is 11.3 Å². The molecule has 0 atom stereocenters. The number of nitrogens with one attached hydrogen (secondary N) is 1. The van der Waals surface area contributed by atoms with Crippen molar-refractivity contribution in [3.63, 3.8) is 0 Å². The lowest BCUT2D eigenvalue weighted by Crippen LogP contribution is -2.15. The highest BCUT2D eigenvalue weighted by Gasteiger charge is 2.18. The van der Waals surface area contributed by atoms with Crippen LogP contribution in [0.3, 0.4) is 0 Å². The van der Waals surface area contributed by atoms with E-state index in [2.05, 4.69) is 15.5 Å². The number of carbonyl (C=O) groups excluding carboxylic acids is 1. The Morgan fingerprint density at radius 3 is 2.52 bits per heavy atom. The fourth-order valence-electron chi connectivity index (χ4n) is 2.89. The maximum atomic E-state index is 12.5. The van der Waals surface area contributed by atoms with Gasteiger partial charge in [0, 0.05) is 21.3 Å². The molecule has 0 unspecified atom stereocenters. The molecular formula is C21H15Cl3N4O2S. The molecule has 0 aliphatic heterocycles. The molecule has 10 heteroatoms. The lowest BCUT2D eigenvalue weighted by atomic mass is 10.2. The molecule has 0 bridgehead atoms. The van der Waals surface area contributed by atoms with E-state index in [9.17, 15) is 4.79 Å². The van der Waals surface area contributed by atoms with Gasteiger partial charge in [0.1, 0.15) is 5.76 Å². The minimum Gasteiger partial charge on any atom is -0.467 e.